The second kappa shape index (κ2) is 5.13. The minimum absolute atomic E-state index is 0.0692. The van der Waals surface area contributed by atoms with Crippen molar-refractivity contribution in [2.75, 3.05) is 5.32 Å². The zero-order valence-electron chi connectivity index (χ0n) is 11.1. The lowest BCUT2D eigenvalue weighted by atomic mass is 10.1. The Morgan fingerprint density at radius 1 is 1.48 bits per heavy atom. The molecule has 1 aliphatic carbocycles. The lowest BCUT2D eigenvalue weighted by Crippen LogP contribution is -2.28. The first-order chi connectivity index (χ1) is 10.1. The van der Waals surface area contributed by atoms with Gasteiger partial charge in [-0.1, -0.05) is 0 Å². The van der Waals surface area contributed by atoms with E-state index in [1.54, 1.807) is 6.07 Å². The number of aliphatic hydroxyl groups excluding tert-OH is 1. The van der Waals surface area contributed by atoms with Crippen LogP contribution in [0.4, 0.5) is 11.5 Å². The highest BCUT2D eigenvalue weighted by Crippen LogP contribution is 2.29. The third-order valence-corrected chi connectivity index (χ3v) is 3.82. The standard InChI is InChI=1S/C13H14N4O4/c18-11-3-1-2-8(11)13(19)14-12-9-6-7(17(20)21)4-5-10(9)15-16-12/h4-6,8,11,18H,1-3H2,(H2,14,15,16,19). The number of hydrogen-bond acceptors (Lipinski definition) is 5. The molecule has 1 amide bonds. The number of aromatic amines is 1. The summed E-state index contributed by atoms with van der Waals surface area (Å²) in [4.78, 5) is 22.4. The monoisotopic (exact) mass is 290 g/mol. The number of carbonyl (C=O) groups is 1. The lowest BCUT2D eigenvalue weighted by Gasteiger charge is -2.13. The fourth-order valence-electron chi connectivity index (χ4n) is 2.67. The van der Waals surface area contributed by atoms with Crippen molar-refractivity contribution in [3.05, 3.63) is 28.3 Å². The van der Waals surface area contributed by atoms with Crippen LogP contribution >= 0.6 is 0 Å². The van der Waals surface area contributed by atoms with Crippen LogP contribution in [-0.4, -0.2) is 32.2 Å². The number of nitro groups is 1. The maximum atomic E-state index is 12.1. The summed E-state index contributed by atoms with van der Waals surface area (Å²) < 4.78 is 0. The van der Waals surface area contributed by atoms with E-state index >= 15 is 0 Å². The first-order valence-electron chi connectivity index (χ1n) is 6.67. The van der Waals surface area contributed by atoms with Crippen molar-refractivity contribution in [1.82, 2.24) is 10.2 Å². The highest BCUT2D eigenvalue weighted by Gasteiger charge is 2.32. The molecule has 1 saturated carbocycles. The van der Waals surface area contributed by atoms with Gasteiger partial charge in [0.1, 0.15) is 0 Å². The molecule has 1 fully saturated rings. The van der Waals surface area contributed by atoms with Crippen LogP contribution in [0, 0.1) is 16.0 Å². The van der Waals surface area contributed by atoms with E-state index in [9.17, 15) is 20.0 Å². The molecule has 1 heterocycles. The molecule has 110 valence electrons. The molecule has 8 nitrogen and oxygen atoms in total. The number of H-pyrrole nitrogens is 1. The Hall–Kier alpha value is -2.48. The van der Waals surface area contributed by atoms with Crippen molar-refractivity contribution in [3.8, 4) is 0 Å². The molecule has 3 N–H and O–H groups in total. The largest absolute Gasteiger partial charge is 0.392 e. The number of amides is 1. The number of nitrogens with one attached hydrogen (secondary N) is 2. The van der Waals surface area contributed by atoms with Gasteiger partial charge in [0, 0.05) is 12.1 Å². The summed E-state index contributed by atoms with van der Waals surface area (Å²) in [5.74, 6) is -0.506. The Kier molecular flexibility index (Phi) is 3.30. The van der Waals surface area contributed by atoms with Crippen molar-refractivity contribution in [2.45, 2.75) is 25.4 Å². The quantitative estimate of drug-likeness (QED) is 0.585. The van der Waals surface area contributed by atoms with E-state index in [1.165, 1.54) is 12.1 Å². The molecule has 2 aromatic rings. The molecule has 0 bridgehead atoms. The summed E-state index contributed by atoms with van der Waals surface area (Å²) in [6, 6.07) is 4.27. The number of nitro benzene ring substituents is 1. The third-order valence-electron chi connectivity index (χ3n) is 3.82. The first kappa shape index (κ1) is 13.5. The summed E-state index contributed by atoms with van der Waals surface area (Å²) in [5.41, 5.74) is 0.531. The van der Waals surface area contributed by atoms with E-state index in [4.69, 9.17) is 0 Å². The van der Waals surface area contributed by atoms with Crippen LogP contribution in [0.15, 0.2) is 18.2 Å². The predicted molar refractivity (Wildman–Crippen MR) is 74.7 cm³/mol. The van der Waals surface area contributed by atoms with Gasteiger partial charge in [-0.25, -0.2) is 0 Å². The van der Waals surface area contributed by atoms with Crippen molar-refractivity contribution in [1.29, 1.82) is 0 Å². The zero-order chi connectivity index (χ0) is 15.0. The molecule has 2 unspecified atom stereocenters. The van der Waals surface area contributed by atoms with Crippen molar-refractivity contribution in [2.24, 2.45) is 5.92 Å². The smallest absolute Gasteiger partial charge is 0.270 e. The third kappa shape index (κ3) is 2.45. The number of carbonyl (C=O) groups excluding carboxylic acids is 1. The molecule has 0 saturated heterocycles. The summed E-state index contributed by atoms with van der Waals surface area (Å²) in [5, 5.41) is 30.3. The maximum absolute atomic E-state index is 12.1. The number of fused-ring (bicyclic) bond motifs is 1. The van der Waals surface area contributed by atoms with Gasteiger partial charge in [0.15, 0.2) is 5.82 Å². The van der Waals surface area contributed by atoms with E-state index in [2.05, 4.69) is 15.5 Å². The molecule has 0 spiro atoms. The molecule has 21 heavy (non-hydrogen) atoms. The molecule has 1 aliphatic rings. The molecule has 1 aromatic heterocycles. The minimum Gasteiger partial charge on any atom is -0.392 e. The summed E-state index contributed by atoms with van der Waals surface area (Å²) in [6.45, 7) is 0. The normalized spacial score (nSPS) is 21.6. The van der Waals surface area contributed by atoms with Gasteiger partial charge in [0.05, 0.1) is 27.8 Å². The van der Waals surface area contributed by atoms with Gasteiger partial charge in [0.2, 0.25) is 5.91 Å². The number of anilines is 1. The topological polar surface area (TPSA) is 121 Å². The number of aliphatic hydroxyl groups is 1. The predicted octanol–water partition coefficient (Wildman–Crippen LogP) is 1.57. The molecule has 0 radical (unpaired) electrons. The van der Waals surface area contributed by atoms with E-state index in [-0.39, 0.29) is 17.4 Å². The molecular weight excluding hydrogens is 276 g/mol. The van der Waals surface area contributed by atoms with Crippen LogP contribution in [0.2, 0.25) is 0 Å². The Bertz CT molecular complexity index is 711. The van der Waals surface area contributed by atoms with Gasteiger partial charge < -0.3 is 10.4 Å². The van der Waals surface area contributed by atoms with Crippen LogP contribution in [0.1, 0.15) is 19.3 Å². The Morgan fingerprint density at radius 3 is 2.95 bits per heavy atom. The van der Waals surface area contributed by atoms with E-state index in [0.717, 1.165) is 6.42 Å². The molecule has 8 heteroatoms. The van der Waals surface area contributed by atoms with Crippen LogP contribution < -0.4 is 5.32 Å². The average molecular weight is 290 g/mol. The van der Waals surface area contributed by atoms with E-state index < -0.39 is 16.9 Å². The average Bonchev–Trinajstić information content (AvgIpc) is 3.05. The van der Waals surface area contributed by atoms with Crippen molar-refractivity contribution < 1.29 is 14.8 Å². The Morgan fingerprint density at radius 2 is 2.29 bits per heavy atom. The molecular formula is C13H14N4O4. The fourth-order valence-corrected chi connectivity index (χ4v) is 2.67. The van der Waals surface area contributed by atoms with Crippen LogP contribution in [0.25, 0.3) is 10.9 Å². The van der Waals surface area contributed by atoms with Crippen molar-refractivity contribution >= 4 is 28.3 Å². The maximum Gasteiger partial charge on any atom is 0.270 e. The SMILES string of the molecule is O=C(Nc1n[nH]c2ccc([N+](=O)[O-])cc12)C1CCCC1O. The highest BCUT2D eigenvalue weighted by molar-refractivity contribution is 6.01. The number of hydrogen-bond donors (Lipinski definition) is 3. The number of rotatable bonds is 3. The zero-order valence-corrected chi connectivity index (χ0v) is 11.1. The van der Waals surface area contributed by atoms with Crippen LogP contribution in [-0.2, 0) is 4.79 Å². The van der Waals surface area contributed by atoms with Gasteiger partial charge >= 0.3 is 0 Å². The minimum atomic E-state index is -0.635. The second-order valence-corrected chi connectivity index (χ2v) is 5.15. The highest BCUT2D eigenvalue weighted by atomic mass is 16.6. The number of nitrogens with zero attached hydrogens (tertiary/aromatic N) is 2. The van der Waals surface area contributed by atoms with Crippen molar-refractivity contribution in [3.63, 3.8) is 0 Å². The van der Waals surface area contributed by atoms with Gasteiger partial charge in [-0.2, -0.15) is 5.10 Å². The van der Waals surface area contributed by atoms with Crippen LogP contribution in [0.5, 0.6) is 0 Å². The van der Waals surface area contributed by atoms with E-state index in [0.29, 0.717) is 23.7 Å². The molecule has 0 aliphatic heterocycles. The van der Waals surface area contributed by atoms with Crippen LogP contribution in [0.3, 0.4) is 0 Å². The summed E-state index contributed by atoms with van der Waals surface area (Å²) in [6.07, 6.45) is 1.43. The van der Waals surface area contributed by atoms with E-state index in [1.807, 2.05) is 0 Å². The Balaban J connectivity index is 1.88. The Labute approximate surface area is 119 Å². The van der Waals surface area contributed by atoms with Gasteiger partial charge in [-0.05, 0) is 25.3 Å². The summed E-state index contributed by atoms with van der Waals surface area (Å²) in [7, 11) is 0. The van der Waals surface area contributed by atoms with Gasteiger partial charge in [-0.15, -0.1) is 0 Å². The molecule has 1 aromatic carbocycles. The molecule has 2 atom stereocenters. The van der Waals surface area contributed by atoms with Gasteiger partial charge in [-0.3, -0.25) is 20.0 Å². The fraction of sp³-hybridized carbons (Fsp3) is 0.385. The second-order valence-electron chi connectivity index (χ2n) is 5.15. The number of aromatic nitrogens is 2. The first-order valence-corrected chi connectivity index (χ1v) is 6.67. The molecule has 3 rings (SSSR count). The van der Waals surface area contributed by atoms with Gasteiger partial charge in [0.25, 0.3) is 5.69 Å². The summed E-state index contributed by atoms with van der Waals surface area (Å²) >= 11 is 0. The number of non-ortho nitro benzene ring substituents is 1. The lowest BCUT2D eigenvalue weighted by molar-refractivity contribution is -0.384. The number of benzene rings is 1.